The Bertz CT molecular complexity index is 483. The smallest absolute Gasteiger partial charge is 0.255 e. The zero-order valence-corrected chi connectivity index (χ0v) is 11.8. The van der Waals surface area contributed by atoms with Crippen LogP contribution in [0.4, 0.5) is 0 Å². The molecule has 1 fully saturated rings. The number of hydrogen-bond acceptors (Lipinski definition) is 4. The first-order valence-corrected chi connectivity index (χ1v) is 6.83. The highest BCUT2D eigenvalue weighted by atomic mass is 16.5. The maximum atomic E-state index is 12.2. The van der Waals surface area contributed by atoms with Crippen LogP contribution in [-0.4, -0.2) is 49.1 Å². The van der Waals surface area contributed by atoms with Gasteiger partial charge in [0.15, 0.2) is 0 Å². The molecule has 1 unspecified atom stereocenters. The topological polar surface area (TPSA) is 71.8 Å². The Kier molecular flexibility index (Phi) is 4.79. The Hall–Kier alpha value is -1.82. The molecule has 2 rings (SSSR count). The maximum Gasteiger partial charge on any atom is 0.255 e. The van der Waals surface area contributed by atoms with Crippen molar-refractivity contribution in [2.24, 2.45) is 0 Å². The predicted octanol–water partition coefficient (Wildman–Crippen LogP) is 0.955. The van der Waals surface area contributed by atoms with Crippen LogP contribution in [0.3, 0.4) is 0 Å². The van der Waals surface area contributed by atoms with Crippen molar-refractivity contribution < 1.29 is 18.7 Å². The van der Waals surface area contributed by atoms with Gasteiger partial charge in [-0.05, 0) is 19.4 Å². The molecule has 1 aliphatic heterocycles. The molecule has 1 atom stereocenters. The number of amides is 2. The summed E-state index contributed by atoms with van der Waals surface area (Å²) < 4.78 is 10.4. The molecule has 2 heterocycles. The van der Waals surface area contributed by atoms with E-state index in [4.69, 9.17) is 9.15 Å². The minimum Gasteiger partial charge on any atom is -0.469 e. The number of carbonyl (C=O) groups excluding carboxylic acids is 2. The molecule has 20 heavy (non-hydrogen) atoms. The van der Waals surface area contributed by atoms with Gasteiger partial charge in [0.25, 0.3) is 5.91 Å². The van der Waals surface area contributed by atoms with Gasteiger partial charge in [-0.25, -0.2) is 0 Å². The SMILES string of the molecule is CCC1COCCN1C(=O)CNC(=O)c1ccoc1C. The summed E-state index contributed by atoms with van der Waals surface area (Å²) in [5, 5.41) is 2.64. The number of nitrogens with one attached hydrogen (secondary N) is 1. The normalized spacial score (nSPS) is 18.9. The first-order chi connectivity index (χ1) is 9.63. The minimum absolute atomic E-state index is 0.0000463. The van der Waals surface area contributed by atoms with Crippen LogP contribution in [0.1, 0.15) is 29.5 Å². The van der Waals surface area contributed by atoms with Gasteiger partial charge in [-0.15, -0.1) is 0 Å². The maximum absolute atomic E-state index is 12.2. The highest BCUT2D eigenvalue weighted by Gasteiger charge is 2.26. The molecule has 1 N–H and O–H groups in total. The molecule has 0 aromatic carbocycles. The van der Waals surface area contributed by atoms with E-state index in [1.165, 1.54) is 6.26 Å². The van der Waals surface area contributed by atoms with Crippen LogP contribution >= 0.6 is 0 Å². The number of furan rings is 1. The monoisotopic (exact) mass is 280 g/mol. The number of nitrogens with zero attached hydrogens (tertiary/aromatic N) is 1. The lowest BCUT2D eigenvalue weighted by molar-refractivity contribution is -0.138. The summed E-state index contributed by atoms with van der Waals surface area (Å²) in [6, 6.07) is 1.70. The summed E-state index contributed by atoms with van der Waals surface area (Å²) in [5.74, 6) is 0.188. The van der Waals surface area contributed by atoms with Crippen LogP contribution in [0.25, 0.3) is 0 Å². The second-order valence-corrected chi connectivity index (χ2v) is 4.80. The van der Waals surface area contributed by atoms with Crippen molar-refractivity contribution in [3.8, 4) is 0 Å². The van der Waals surface area contributed by atoms with E-state index in [1.54, 1.807) is 17.9 Å². The number of morpholine rings is 1. The molecule has 0 radical (unpaired) electrons. The average Bonchev–Trinajstić information content (AvgIpc) is 2.90. The Balaban J connectivity index is 1.88. The molecule has 1 saturated heterocycles. The molecule has 110 valence electrons. The molecular weight excluding hydrogens is 260 g/mol. The van der Waals surface area contributed by atoms with Gasteiger partial charge in [0.1, 0.15) is 5.76 Å². The van der Waals surface area contributed by atoms with Gasteiger partial charge in [-0.1, -0.05) is 6.92 Å². The standard InChI is InChI=1S/C14H20N2O4/c1-3-11-9-19-7-5-16(11)13(17)8-15-14(18)12-4-6-20-10(12)2/h4,6,11H,3,5,7-9H2,1-2H3,(H,15,18). The quantitative estimate of drug-likeness (QED) is 0.891. The number of carbonyl (C=O) groups is 2. The third-order valence-electron chi connectivity index (χ3n) is 3.52. The van der Waals surface area contributed by atoms with Crippen molar-refractivity contribution in [1.29, 1.82) is 0 Å². The van der Waals surface area contributed by atoms with Crippen molar-refractivity contribution >= 4 is 11.8 Å². The number of aryl methyl sites for hydroxylation is 1. The van der Waals surface area contributed by atoms with E-state index >= 15 is 0 Å². The Morgan fingerprint density at radius 1 is 1.50 bits per heavy atom. The van der Waals surface area contributed by atoms with Gasteiger partial charge < -0.3 is 19.4 Å². The second kappa shape index (κ2) is 6.56. The molecule has 0 bridgehead atoms. The van der Waals surface area contributed by atoms with E-state index in [1.807, 2.05) is 6.92 Å². The van der Waals surface area contributed by atoms with Crippen LogP contribution in [0.2, 0.25) is 0 Å². The first-order valence-electron chi connectivity index (χ1n) is 6.83. The number of hydrogen-bond donors (Lipinski definition) is 1. The summed E-state index contributed by atoms with van der Waals surface area (Å²) in [6.45, 7) is 5.44. The number of ether oxygens (including phenoxy) is 1. The van der Waals surface area contributed by atoms with Crippen molar-refractivity contribution in [3.05, 3.63) is 23.7 Å². The fraction of sp³-hybridized carbons (Fsp3) is 0.571. The lowest BCUT2D eigenvalue weighted by Gasteiger charge is -2.35. The van der Waals surface area contributed by atoms with Gasteiger partial charge in [-0.2, -0.15) is 0 Å². The van der Waals surface area contributed by atoms with E-state index < -0.39 is 0 Å². The molecule has 0 spiro atoms. The highest BCUT2D eigenvalue weighted by molar-refractivity contribution is 5.97. The van der Waals surface area contributed by atoms with E-state index in [-0.39, 0.29) is 24.4 Å². The van der Waals surface area contributed by atoms with E-state index in [0.717, 1.165) is 6.42 Å². The zero-order valence-electron chi connectivity index (χ0n) is 11.8. The Morgan fingerprint density at radius 3 is 2.95 bits per heavy atom. The highest BCUT2D eigenvalue weighted by Crippen LogP contribution is 2.11. The predicted molar refractivity (Wildman–Crippen MR) is 72.4 cm³/mol. The van der Waals surface area contributed by atoms with Crippen molar-refractivity contribution in [3.63, 3.8) is 0 Å². The van der Waals surface area contributed by atoms with E-state index in [2.05, 4.69) is 5.32 Å². The zero-order chi connectivity index (χ0) is 14.5. The lowest BCUT2D eigenvalue weighted by atomic mass is 10.1. The molecule has 1 aromatic heterocycles. The largest absolute Gasteiger partial charge is 0.469 e. The van der Waals surface area contributed by atoms with E-state index in [9.17, 15) is 9.59 Å². The van der Waals surface area contributed by atoms with Crippen LogP contribution < -0.4 is 5.32 Å². The average molecular weight is 280 g/mol. The molecule has 1 aromatic rings. The fourth-order valence-corrected chi connectivity index (χ4v) is 2.29. The lowest BCUT2D eigenvalue weighted by Crippen LogP contribution is -2.51. The van der Waals surface area contributed by atoms with Crippen molar-refractivity contribution in [2.45, 2.75) is 26.3 Å². The molecular formula is C14H20N2O4. The van der Waals surface area contributed by atoms with Gasteiger partial charge in [0, 0.05) is 6.54 Å². The van der Waals surface area contributed by atoms with Crippen LogP contribution in [0.5, 0.6) is 0 Å². The second-order valence-electron chi connectivity index (χ2n) is 4.80. The first kappa shape index (κ1) is 14.6. The third-order valence-corrected chi connectivity index (χ3v) is 3.52. The van der Waals surface area contributed by atoms with Gasteiger partial charge in [-0.3, -0.25) is 9.59 Å². The molecule has 6 nitrogen and oxygen atoms in total. The minimum atomic E-state index is -0.286. The number of rotatable bonds is 4. The van der Waals surface area contributed by atoms with Crippen LogP contribution in [0.15, 0.2) is 16.7 Å². The summed E-state index contributed by atoms with van der Waals surface area (Å²) in [6.07, 6.45) is 2.31. The third kappa shape index (κ3) is 3.19. The Morgan fingerprint density at radius 2 is 2.30 bits per heavy atom. The fourth-order valence-electron chi connectivity index (χ4n) is 2.29. The molecule has 2 amide bonds. The van der Waals surface area contributed by atoms with Gasteiger partial charge in [0.05, 0.1) is 37.6 Å². The van der Waals surface area contributed by atoms with E-state index in [0.29, 0.717) is 31.1 Å². The summed E-state index contributed by atoms with van der Waals surface area (Å²) >= 11 is 0. The molecule has 6 heteroatoms. The summed E-state index contributed by atoms with van der Waals surface area (Å²) in [4.78, 5) is 25.8. The summed E-state index contributed by atoms with van der Waals surface area (Å²) in [5.41, 5.74) is 0.465. The van der Waals surface area contributed by atoms with Crippen molar-refractivity contribution in [1.82, 2.24) is 10.2 Å². The van der Waals surface area contributed by atoms with Gasteiger partial charge >= 0.3 is 0 Å². The Labute approximate surface area is 118 Å². The molecule has 0 saturated carbocycles. The summed E-state index contributed by atoms with van der Waals surface area (Å²) in [7, 11) is 0. The molecule has 0 aliphatic carbocycles. The van der Waals surface area contributed by atoms with Crippen LogP contribution in [0, 0.1) is 6.92 Å². The van der Waals surface area contributed by atoms with Crippen LogP contribution in [-0.2, 0) is 9.53 Å². The van der Waals surface area contributed by atoms with Crippen molar-refractivity contribution in [2.75, 3.05) is 26.3 Å². The molecule has 1 aliphatic rings. The van der Waals surface area contributed by atoms with Gasteiger partial charge in [0.2, 0.25) is 5.91 Å².